The molecule has 0 radical (unpaired) electrons. The van der Waals surface area contributed by atoms with Gasteiger partial charge in [-0.05, 0) is 59.4 Å². The van der Waals surface area contributed by atoms with Crippen LogP contribution in [-0.2, 0) is 11.3 Å². The molecule has 9 heteroatoms. The third-order valence-electron chi connectivity index (χ3n) is 6.52. The minimum absolute atomic E-state index is 0.0124. The summed E-state index contributed by atoms with van der Waals surface area (Å²) in [5.74, 6) is -1.84. The van der Waals surface area contributed by atoms with E-state index < -0.39 is 11.9 Å². The van der Waals surface area contributed by atoms with Crippen molar-refractivity contribution < 1.29 is 27.8 Å². The van der Waals surface area contributed by atoms with Crippen molar-refractivity contribution in [2.45, 2.75) is 38.2 Å². The lowest BCUT2D eigenvalue weighted by Gasteiger charge is -2.35. The fraction of sp³-hybridized carbons (Fsp3) is 0.276. The first-order chi connectivity index (χ1) is 18.3. The molecule has 0 unspecified atom stereocenters. The highest BCUT2D eigenvalue weighted by atomic mass is 19.3. The van der Waals surface area contributed by atoms with Crippen LogP contribution in [0.5, 0.6) is 17.4 Å². The zero-order chi connectivity index (χ0) is 26.7. The smallest absolute Gasteiger partial charge is 0.364 e. The second-order valence-electron chi connectivity index (χ2n) is 9.18. The quantitative estimate of drug-likeness (QED) is 0.236. The van der Waals surface area contributed by atoms with Crippen molar-refractivity contribution in [2.75, 3.05) is 13.7 Å². The molecular formula is C29H27F2N3O4. The molecule has 0 atom stereocenters. The largest absolute Gasteiger partial charge is 0.497 e. The molecule has 1 aliphatic carbocycles. The average Bonchev–Trinajstić information content (AvgIpc) is 3.30. The maximum atomic E-state index is 13.2. The van der Waals surface area contributed by atoms with Gasteiger partial charge >= 0.3 is 5.97 Å². The Morgan fingerprint density at radius 3 is 2.13 bits per heavy atom. The Kier molecular flexibility index (Phi) is 7.09. The Labute approximate surface area is 219 Å². The Balaban J connectivity index is 1.34. The fourth-order valence-corrected chi connectivity index (χ4v) is 4.41. The molecule has 1 aromatic heterocycles. The molecule has 4 aromatic rings. The highest BCUT2D eigenvalue weighted by molar-refractivity contribution is 5.89. The number of alkyl halides is 2. The first kappa shape index (κ1) is 25.4. The molecule has 38 heavy (non-hydrogen) atoms. The molecule has 1 aliphatic rings. The van der Waals surface area contributed by atoms with E-state index >= 15 is 0 Å². The number of benzene rings is 3. The third kappa shape index (κ3) is 5.51. The SMILES string of the molecule is CCOC(=O)c1nnn(Cc2ccc(OC)cc2)c1Oc1ccc(-c2ccc(C3CC(F)(F)C3)cc2)cc1. The van der Waals surface area contributed by atoms with Crippen LogP contribution in [0.4, 0.5) is 8.78 Å². The number of carbonyl (C=O) groups excluding carboxylic acids is 1. The van der Waals surface area contributed by atoms with Crippen molar-refractivity contribution in [3.8, 4) is 28.5 Å². The van der Waals surface area contributed by atoms with Crippen molar-refractivity contribution in [3.63, 3.8) is 0 Å². The fourth-order valence-electron chi connectivity index (χ4n) is 4.41. The van der Waals surface area contributed by atoms with Crippen molar-refractivity contribution in [1.29, 1.82) is 0 Å². The summed E-state index contributed by atoms with van der Waals surface area (Å²) in [6.45, 7) is 2.23. The molecule has 0 bridgehead atoms. The minimum Gasteiger partial charge on any atom is -0.497 e. The summed E-state index contributed by atoms with van der Waals surface area (Å²) < 4.78 is 44.4. The monoisotopic (exact) mass is 519 g/mol. The maximum Gasteiger partial charge on any atom is 0.364 e. The maximum absolute atomic E-state index is 13.2. The zero-order valence-electron chi connectivity index (χ0n) is 21.1. The van der Waals surface area contributed by atoms with E-state index in [2.05, 4.69) is 10.3 Å². The highest BCUT2D eigenvalue weighted by Gasteiger charge is 2.45. The van der Waals surface area contributed by atoms with Gasteiger partial charge in [0.15, 0.2) is 0 Å². The van der Waals surface area contributed by atoms with Crippen LogP contribution in [0, 0.1) is 0 Å². The summed E-state index contributed by atoms with van der Waals surface area (Å²) in [5.41, 5.74) is 3.74. The first-order valence-corrected chi connectivity index (χ1v) is 12.3. The number of hydrogen-bond donors (Lipinski definition) is 0. The topological polar surface area (TPSA) is 75.5 Å². The molecule has 5 rings (SSSR count). The normalized spacial score (nSPS) is 14.5. The molecule has 0 saturated heterocycles. The number of nitrogens with zero attached hydrogens (tertiary/aromatic N) is 3. The molecule has 0 aliphatic heterocycles. The summed E-state index contributed by atoms with van der Waals surface area (Å²) >= 11 is 0. The van der Waals surface area contributed by atoms with Crippen molar-refractivity contribution in [2.24, 2.45) is 0 Å². The van der Waals surface area contributed by atoms with Crippen LogP contribution in [0.15, 0.2) is 72.8 Å². The van der Waals surface area contributed by atoms with Gasteiger partial charge in [-0.3, -0.25) is 0 Å². The molecule has 7 nitrogen and oxygen atoms in total. The van der Waals surface area contributed by atoms with E-state index in [0.29, 0.717) is 12.3 Å². The molecule has 0 spiro atoms. The van der Waals surface area contributed by atoms with Crippen molar-refractivity contribution in [3.05, 3.63) is 89.6 Å². The van der Waals surface area contributed by atoms with Gasteiger partial charge in [0.2, 0.25) is 11.6 Å². The van der Waals surface area contributed by atoms with Crippen LogP contribution in [0.25, 0.3) is 11.1 Å². The standard InChI is InChI=1S/C29H27F2N3O4/c1-3-37-28(35)26-27(34(33-32-26)18-19-4-12-24(36-2)13-5-19)38-25-14-10-21(11-15-25)20-6-8-22(9-7-20)23-16-29(30,31)17-23/h4-15,23H,3,16-18H2,1-2H3. The van der Waals surface area contributed by atoms with Gasteiger partial charge in [0.1, 0.15) is 11.5 Å². The summed E-state index contributed by atoms with van der Waals surface area (Å²) in [6, 6.07) is 22.5. The van der Waals surface area contributed by atoms with E-state index in [-0.39, 0.29) is 36.9 Å². The summed E-state index contributed by atoms with van der Waals surface area (Å²) in [5, 5.41) is 8.14. The van der Waals surface area contributed by atoms with Gasteiger partial charge in [-0.25, -0.2) is 18.3 Å². The molecule has 196 valence electrons. The van der Waals surface area contributed by atoms with Crippen LogP contribution < -0.4 is 9.47 Å². The summed E-state index contributed by atoms with van der Waals surface area (Å²) in [4.78, 5) is 12.5. The van der Waals surface area contributed by atoms with Crippen LogP contribution in [0.2, 0.25) is 0 Å². The van der Waals surface area contributed by atoms with Gasteiger partial charge in [0, 0.05) is 12.8 Å². The Morgan fingerprint density at radius 1 is 0.947 bits per heavy atom. The van der Waals surface area contributed by atoms with Crippen molar-refractivity contribution in [1.82, 2.24) is 15.0 Å². The average molecular weight is 520 g/mol. The van der Waals surface area contributed by atoms with E-state index in [0.717, 1.165) is 28.0 Å². The number of rotatable bonds is 9. The number of halogens is 2. The Morgan fingerprint density at radius 2 is 1.55 bits per heavy atom. The molecule has 1 fully saturated rings. The number of ether oxygens (including phenoxy) is 3. The van der Waals surface area contributed by atoms with E-state index in [1.165, 1.54) is 4.68 Å². The molecule has 3 aromatic carbocycles. The van der Waals surface area contributed by atoms with Crippen LogP contribution in [-0.4, -0.2) is 40.6 Å². The van der Waals surface area contributed by atoms with Gasteiger partial charge in [-0.15, -0.1) is 5.10 Å². The van der Waals surface area contributed by atoms with Gasteiger partial charge < -0.3 is 14.2 Å². The molecule has 1 heterocycles. The molecule has 0 amide bonds. The second kappa shape index (κ2) is 10.6. The lowest BCUT2D eigenvalue weighted by Crippen LogP contribution is -2.33. The Hall–Kier alpha value is -4.27. The zero-order valence-corrected chi connectivity index (χ0v) is 21.1. The van der Waals surface area contributed by atoms with Crippen LogP contribution in [0.1, 0.15) is 47.3 Å². The number of hydrogen-bond acceptors (Lipinski definition) is 6. The minimum atomic E-state index is -2.54. The van der Waals surface area contributed by atoms with Gasteiger partial charge in [-0.1, -0.05) is 53.7 Å². The van der Waals surface area contributed by atoms with Crippen LogP contribution in [0.3, 0.4) is 0 Å². The summed E-state index contributed by atoms with van der Waals surface area (Å²) in [6.07, 6.45) is -0.174. The van der Waals surface area contributed by atoms with E-state index in [1.54, 1.807) is 26.2 Å². The second-order valence-corrected chi connectivity index (χ2v) is 9.18. The van der Waals surface area contributed by atoms with E-state index in [1.807, 2.05) is 60.7 Å². The molecule has 1 saturated carbocycles. The first-order valence-electron chi connectivity index (χ1n) is 12.3. The Bertz CT molecular complexity index is 1390. The molecular weight excluding hydrogens is 492 g/mol. The number of aromatic nitrogens is 3. The predicted molar refractivity (Wildman–Crippen MR) is 137 cm³/mol. The third-order valence-corrected chi connectivity index (χ3v) is 6.52. The predicted octanol–water partition coefficient (Wildman–Crippen LogP) is 6.48. The summed E-state index contributed by atoms with van der Waals surface area (Å²) in [7, 11) is 1.60. The van der Waals surface area contributed by atoms with Gasteiger partial charge in [-0.2, -0.15) is 0 Å². The van der Waals surface area contributed by atoms with E-state index in [9.17, 15) is 13.6 Å². The number of esters is 1. The van der Waals surface area contributed by atoms with Crippen molar-refractivity contribution >= 4 is 5.97 Å². The highest BCUT2D eigenvalue weighted by Crippen LogP contribution is 2.48. The van der Waals surface area contributed by atoms with Gasteiger partial charge in [0.25, 0.3) is 5.88 Å². The van der Waals surface area contributed by atoms with Gasteiger partial charge in [0.05, 0.1) is 20.3 Å². The number of methoxy groups -OCH3 is 1. The lowest BCUT2D eigenvalue weighted by molar-refractivity contribution is -0.0867. The van der Waals surface area contributed by atoms with E-state index in [4.69, 9.17) is 14.2 Å². The molecule has 0 N–H and O–H groups in total. The van der Waals surface area contributed by atoms with Crippen LogP contribution >= 0.6 is 0 Å². The lowest BCUT2D eigenvalue weighted by atomic mass is 9.76. The number of carbonyl (C=O) groups is 1.